The first-order chi connectivity index (χ1) is 14.9. The van der Waals surface area contributed by atoms with Crippen LogP contribution in [0.3, 0.4) is 0 Å². The summed E-state index contributed by atoms with van der Waals surface area (Å²) in [5.74, 6) is -0.706. The second-order valence-electron chi connectivity index (χ2n) is 7.05. The molecule has 2 heterocycles. The molecule has 15 heteroatoms. The van der Waals surface area contributed by atoms with Crippen molar-refractivity contribution in [3.63, 3.8) is 0 Å². The molecular formula is C17H18F3N6O4S2-. The molecule has 3 aliphatic rings. The average molecular weight is 491 g/mol. The topological polar surface area (TPSA) is 131 Å². The van der Waals surface area contributed by atoms with Gasteiger partial charge in [0.15, 0.2) is 0 Å². The molecule has 0 aromatic rings. The molecule has 0 N–H and O–H groups in total. The summed E-state index contributed by atoms with van der Waals surface area (Å²) in [4.78, 5) is 1.79. The second-order valence-corrected chi connectivity index (χ2v) is 9.60. The Bertz CT molecular complexity index is 1120. The van der Waals surface area contributed by atoms with Crippen LogP contribution in [-0.4, -0.2) is 55.1 Å². The van der Waals surface area contributed by atoms with E-state index in [2.05, 4.69) is 24.8 Å². The molecule has 0 saturated carbocycles. The van der Waals surface area contributed by atoms with Crippen LogP contribution in [0.15, 0.2) is 59.2 Å². The minimum absolute atomic E-state index is 0.0693. The van der Waals surface area contributed by atoms with E-state index in [1.807, 2.05) is 0 Å². The van der Waals surface area contributed by atoms with E-state index in [0.717, 1.165) is 23.8 Å². The van der Waals surface area contributed by atoms with Crippen LogP contribution < -0.4 is 5.11 Å². The summed E-state index contributed by atoms with van der Waals surface area (Å²) in [6.45, 7) is 3.97. The highest BCUT2D eigenvalue weighted by Gasteiger charge is 2.46. The van der Waals surface area contributed by atoms with Crippen molar-refractivity contribution in [1.82, 2.24) is 4.90 Å². The fourth-order valence-corrected chi connectivity index (χ4v) is 3.88. The quantitative estimate of drug-likeness (QED) is 0.337. The van der Waals surface area contributed by atoms with Gasteiger partial charge >= 0.3 is 15.5 Å². The van der Waals surface area contributed by atoms with Crippen molar-refractivity contribution in [1.29, 1.82) is 0 Å². The predicted octanol–water partition coefficient (Wildman–Crippen LogP) is 2.65. The maximum atomic E-state index is 12.9. The number of thioether (sulfide) groups is 1. The first-order valence-electron chi connectivity index (χ1n) is 9.26. The first kappa shape index (κ1) is 24.0. The van der Waals surface area contributed by atoms with Gasteiger partial charge < -0.3 is 14.7 Å². The molecule has 0 bridgehead atoms. The molecule has 10 nitrogen and oxygen atoms in total. The fraction of sp³-hybridized carbons (Fsp3) is 0.471. The van der Waals surface area contributed by atoms with Crippen molar-refractivity contribution < 1.29 is 31.4 Å². The van der Waals surface area contributed by atoms with Gasteiger partial charge in [0.25, 0.3) is 0 Å². The first-order valence-corrected chi connectivity index (χ1v) is 11.5. The molecule has 3 rings (SSSR count). The molecule has 174 valence electrons. The highest BCUT2D eigenvalue weighted by molar-refractivity contribution is 8.17. The Hall–Kier alpha value is -2.68. The van der Waals surface area contributed by atoms with Crippen LogP contribution >= 0.6 is 11.8 Å². The van der Waals surface area contributed by atoms with Gasteiger partial charge in [0.1, 0.15) is 16.5 Å². The van der Waals surface area contributed by atoms with Crippen LogP contribution in [0.2, 0.25) is 0 Å². The van der Waals surface area contributed by atoms with Gasteiger partial charge in [-0.05, 0) is 48.4 Å². The maximum absolute atomic E-state index is 12.9. The summed E-state index contributed by atoms with van der Waals surface area (Å²) in [6.07, 6.45) is 3.73. The Morgan fingerprint density at radius 3 is 2.62 bits per heavy atom. The predicted molar refractivity (Wildman–Crippen MR) is 111 cm³/mol. The molecule has 0 amide bonds. The van der Waals surface area contributed by atoms with Gasteiger partial charge in [-0.25, -0.2) is 0 Å². The Kier molecular flexibility index (Phi) is 6.78. The van der Waals surface area contributed by atoms with Crippen molar-refractivity contribution >= 4 is 38.4 Å². The molecule has 2 aliphatic heterocycles. The van der Waals surface area contributed by atoms with E-state index in [1.165, 1.54) is 12.2 Å². The molecule has 0 radical (unpaired) electrons. The van der Waals surface area contributed by atoms with Crippen molar-refractivity contribution in [2.24, 2.45) is 24.8 Å². The number of nitrogens with zero attached hydrogens (tertiary/aromatic N) is 6. The lowest BCUT2D eigenvalue weighted by Gasteiger charge is -2.32. The minimum Gasteiger partial charge on any atom is -0.609 e. The number of azo groups is 1. The minimum atomic E-state index is -5.80. The van der Waals surface area contributed by atoms with Crippen molar-refractivity contribution in [2.45, 2.75) is 38.3 Å². The maximum Gasteiger partial charge on any atom is 0.518 e. The Labute approximate surface area is 186 Å². The number of rotatable bonds is 4. The van der Waals surface area contributed by atoms with Crippen LogP contribution in [0, 0.1) is 0 Å². The number of halogens is 3. The van der Waals surface area contributed by atoms with Gasteiger partial charge in [-0.15, -0.1) is 20.4 Å². The third kappa shape index (κ3) is 5.38. The molecule has 32 heavy (non-hydrogen) atoms. The summed E-state index contributed by atoms with van der Waals surface area (Å²) < 4.78 is 69.8. The standard InChI is InChI=1S/C17H19F3N6O4S2/c1-9(2)30-15(27)14-22-24-16(31-14)23-21-11-7-10-5-4-6-26(3)13(10)8-12(11)25-32(28,29)17(18,19)20/h7-9,27H,4-6H2,1-3H3/p-1. The Balaban J connectivity index is 1.98. The number of likely N-dealkylation sites (tertiary alicyclic amines) is 1. The van der Waals surface area contributed by atoms with E-state index < -0.39 is 27.2 Å². The zero-order chi connectivity index (χ0) is 23.7. The van der Waals surface area contributed by atoms with E-state index in [0.29, 0.717) is 18.7 Å². The number of alkyl halides is 3. The van der Waals surface area contributed by atoms with Gasteiger partial charge in [-0.2, -0.15) is 26.0 Å². The summed E-state index contributed by atoms with van der Waals surface area (Å²) >= 11 is 0.760. The van der Waals surface area contributed by atoms with Crippen molar-refractivity contribution in [3.05, 3.63) is 34.4 Å². The lowest BCUT2D eigenvalue weighted by atomic mass is 9.93. The third-order valence-corrected chi connectivity index (χ3v) is 6.02. The number of likely N-dealkylation sites (N-methyl/N-ethyl adjacent to an activating group) is 1. The molecular weight excluding hydrogens is 473 g/mol. The number of fused-ring (bicyclic) bond motifs is 1. The van der Waals surface area contributed by atoms with E-state index in [-0.39, 0.29) is 22.0 Å². The number of sulfonamides is 1. The van der Waals surface area contributed by atoms with Gasteiger partial charge in [0.05, 0.1) is 5.95 Å². The number of ether oxygens (including phenoxy) is 1. The Morgan fingerprint density at radius 2 is 1.97 bits per heavy atom. The van der Waals surface area contributed by atoms with Gasteiger partial charge in [-0.1, -0.05) is 13.8 Å². The smallest absolute Gasteiger partial charge is 0.518 e. The molecule has 0 spiro atoms. The van der Waals surface area contributed by atoms with E-state index in [9.17, 15) is 26.7 Å². The highest BCUT2D eigenvalue weighted by Crippen LogP contribution is 2.32. The van der Waals surface area contributed by atoms with E-state index in [1.54, 1.807) is 25.8 Å². The highest BCUT2D eigenvalue weighted by atomic mass is 32.2. The van der Waals surface area contributed by atoms with Crippen LogP contribution in [-0.2, 0) is 14.8 Å². The van der Waals surface area contributed by atoms with Crippen LogP contribution in [0.4, 0.5) is 13.2 Å². The number of allylic oxidation sites excluding steroid dienone is 3. The average Bonchev–Trinajstić information content (AvgIpc) is 3.14. The zero-order valence-electron chi connectivity index (χ0n) is 17.1. The number of hydrogen-bond acceptors (Lipinski definition) is 9. The summed E-state index contributed by atoms with van der Waals surface area (Å²) in [6, 6.07) is 0. The third-order valence-electron chi connectivity index (χ3n) is 4.21. The number of amidine groups is 1. The molecule has 1 fully saturated rings. The SMILES string of the molecule is CC(C)OC([O-])=C1N=NC(=NN=C2C=C3CCCN(C)C3=CC2=NS(=O)(=O)C(F)(F)F)S1. The van der Waals surface area contributed by atoms with Gasteiger partial charge in [-0.3, -0.25) is 0 Å². The molecule has 1 aliphatic carbocycles. The van der Waals surface area contributed by atoms with Crippen molar-refractivity contribution in [2.75, 3.05) is 13.6 Å². The van der Waals surface area contributed by atoms with E-state index in [4.69, 9.17) is 4.74 Å². The normalized spacial score (nSPS) is 24.8. The molecule has 1 saturated heterocycles. The number of hydrogen-bond donors (Lipinski definition) is 0. The summed E-state index contributed by atoms with van der Waals surface area (Å²) in [5, 5.41) is 26.7. The largest absolute Gasteiger partial charge is 0.609 e. The lowest BCUT2D eigenvalue weighted by molar-refractivity contribution is -0.362. The summed E-state index contributed by atoms with van der Waals surface area (Å²) in [5.41, 5.74) is -4.94. The van der Waals surface area contributed by atoms with Gasteiger partial charge in [0.2, 0.25) is 5.17 Å². The fourth-order valence-electron chi connectivity index (χ4n) is 2.83. The molecule has 0 aromatic carbocycles. The van der Waals surface area contributed by atoms with Crippen molar-refractivity contribution in [3.8, 4) is 0 Å². The zero-order valence-corrected chi connectivity index (χ0v) is 18.8. The summed E-state index contributed by atoms with van der Waals surface area (Å²) in [7, 11) is -4.06. The number of piperidine rings is 1. The Morgan fingerprint density at radius 1 is 1.25 bits per heavy atom. The lowest BCUT2D eigenvalue weighted by Crippen LogP contribution is -2.31. The molecule has 0 atom stereocenters. The molecule has 0 aromatic heterocycles. The second kappa shape index (κ2) is 9.05. The molecule has 0 unspecified atom stereocenters. The van der Waals surface area contributed by atoms with Crippen LogP contribution in [0.1, 0.15) is 26.7 Å². The monoisotopic (exact) mass is 491 g/mol. The van der Waals surface area contributed by atoms with Crippen LogP contribution in [0.25, 0.3) is 0 Å². The van der Waals surface area contributed by atoms with E-state index >= 15 is 0 Å². The van der Waals surface area contributed by atoms with Crippen LogP contribution in [0.5, 0.6) is 0 Å². The van der Waals surface area contributed by atoms with Gasteiger partial charge in [0, 0.05) is 19.3 Å².